The predicted octanol–water partition coefficient (Wildman–Crippen LogP) is 4.63. The molecule has 0 aromatic heterocycles. The fraction of sp³-hybridized carbons (Fsp3) is 0.421. The zero-order valence-electron chi connectivity index (χ0n) is 13.5. The van der Waals surface area contributed by atoms with Crippen molar-refractivity contribution in [3.8, 4) is 11.8 Å². The molecule has 0 spiro atoms. The van der Waals surface area contributed by atoms with Gasteiger partial charge in [-0.25, -0.2) is 0 Å². The Labute approximate surface area is 155 Å². The SMILES string of the molecule is N#Cc1c(I)c(OCCCOC2CCCCO2)cc2ccccc12. The molecule has 2 aromatic carbocycles. The highest BCUT2D eigenvalue weighted by atomic mass is 127. The van der Waals surface area contributed by atoms with Crippen LogP contribution in [0.2, 0.25) is 0 Å². The van der Waals surface area contributed by atoms with Crippen LogP contribution in [0.15, 0.2) is 30.3 Å². The average molecular weight is 437 g/mol. The van der Waals surface area contributed by atoms with E-state index in [9.17, 15) is 5.26 Å². The maximum Gasteiger partial charge on any atom is 0.157 e. The Morgan fingerprint density at radius 3 is 2.92 bits per heavy atom. The molecule has 0 bridgehead atoms. The summed E-state index contributed by atoms with van der Waals surface area (Å²) in [5, 5.41) is 11.4. The summed E-state index contributed by atoms with van der Waals surface area (Å²) in [6.07, 6.45) is 4.03. The van der Waals surface area contributed by atoms with Crippen LogP contribution in [0.25, 0.3) is 10.8 Å². The number of nitriles is 1. The molecule has 0 aliphatic carbocycles. The largest absolute Gasteiger partial charge is 0.492 e. The molecule has 2 aromatic rings. The third-order valence-corrected chi connectivity index (χ3v) is 5.12. The summed E-state index contributed by atoms with van der Waals surface area (Å²) >= 11 is 2.19. The minimum absolute atomic E-state index is 0.0512. The van der Waals surface area contributed by atoms with Gasteiger partial charge in [-0.2, -0.15) is 5.26 Å². The van der Waals surface area contributed by atoms with E-state index in [0.717, 1.165) is 46.0 Å². The molecule has 0 radical (unpaired) electrons. The Morgan fingerprint density at radius 1 is 1.25 bits per heavy atom. The first-order valence-electron chi connectivity index (χ1n) is 8.27. The van der Waals surface area contributed by atoms with Gasteiger partial charge < -0.3 is 14.2 Å². The Hall–Kier alpha value is -1.36. The molecule has 1 aliphatic rings. The van der Waals surface area contributed by atoms with E-state index in [1.165, 1.54) is 6.42 Å². The van der Waals surface area contributed by atoms with Gasteiger partial charge >= 0.3 is 0 Å². The lowest BCUT2D eigenvalue weighted by atomic mass is 10.0. The van der Waals surface area contributed by atoms with Gasteiger partial charge in [0.05, 0.1) is 22.3 Å². The second kappa shape index (κ2) is 8.65. The molecule has 3 rings (SSSR count). The van der Waals surface area contributed by atoms with Gasteiger partial charge in [-0.3, -0.25) is 0 Å². The molecule has 0 N–H and O–H groups in total. The van der Waals surface area contributed by atoms with Crippen molar-refractivity contribution < 1.29 is 14.2 Å². The van der Waals surface area contributed by atoms with Crippen LogP contribution in [0, 0.1) is 14.9 Å². The average Bonchev–Trinajstić information content (AvgIpc) is 2.63. The summed E-state index contributed by atoms with van der Waals surface area (Å²) in [6, 6.07) is 12.2. The number of nitrogens with zero attached hydrogens (tertiary/aromatic N) is 1. The molecule has 1 heterocycles. The summed E-state index contributed by atoms with van der Waals surface area (Å²) in [7, 11) is 0. The number of fused-ring (bicyclic) bond motifs is 1. The zero-order valence-corrected chi connectivity index (χ0v) is 15.6. The van der Waals surface area contributed by atoms with Crippen LogP contribution in [-0.4, -0.2) is 26.1 Å². The fourth-order valence-electron chi connectivity index (χ4n) is 2.81. The number of ether oxygens (including phenoxy) is 3. The number of hydrogen-bond acceptors (Lipinski definition) is 4. The summed E-state index contributed by atoms with van der Waals surface area (Å²) in [6.45, 7) is 1.99. The van der Waals surface area contributed by atoms with Crippen LogP contribution < -0.4 is 4.74 Å². The van der Waals surface area contributed by atoms with Crippen LogP contribution in [0.3, 0.4) is 0 Å². The van der Waals surface area contributed by atoms with Gasteiger partial charge in [0.2, 0.25) is 0 Å². The second-order valence-electron chi connectivity index (χ2n) is 5.77. The van der Waals surface area contributed by atoms with Crippen molar-refractivity contribution in [1.29, 1.82) is 5.26 Å². The first kappa shape index (κ1) is 17.5. The van der Waals surface area contributed by atoms with Gasteiger partial charge in [0.25, 0.3) is 0 Å². The van der Waals surface area contributed by atoms with Crippen molar-refractivity contribution in [2.24, 2.45) is 0 Å². The summed E-state index contributed by atoms with van der Waals surface area (Å²) in [5.74, 6) is 0.764. The summed E-state index contributed by atoms with van der Waals surface area (Å²) in [4.78, 5) is 0. The lowest BCUT2D eigenvalue weighted by molar-refractivity contribution is -0.163. The van der Waals surface area contributed by atoms with E-state index in [-0.39, 0.29) is 6.29 Å². The monoisotopic (exact) mass is 437 g/mol. The third kappa shape index (κ3) is 4.18. The second-order valence-corrected chi connectivity index (χ2v) is 6.84. The Kier molecular flexibility index (Phi) is 6.30. The third-order valence-electron chi connectivity index (χ3n) is 4.05. The maximum atomic E-state index is 9.45. The molecule has 4 nitrogen and oxygen atoms in total. The lowest BCUT2D eigenvalue weighted by Crippen LogP contribution is -2.23. The molecule has 24 heavy (non-hydrogen) atoms. The van der Waals surface area contributed by atoms with Gasteiger partial charge in [0, 0.05) is 18.4 Å². The highest BCUT2D eigenvalue weighted by Crippen LogP contribution is 2.32. The molecule has 0 amide bonds. The standard InChI is InChI=1S/C19H20INO3/c20-19-16(13-21)15-7-2-1-6-14(15)12-17(19)22-10-5-11-24-18-8-3-4-9-23-18/h1-2,6-7,12,18H,3-5,8-11H2. The fourth-order valence-corrected chi connectivity index (χ4v) is 3.53. The molecule has 5 heteroatoms. The lowest BCUT2D eigenvalue weighted by Gasteiger charge is -2.22. The van der Waals surface area contributed by atoms with E-state index in [4.69, 9.17) is 14.2 Å². The molecule has 126 valence electrons. The van der Waals surface area contributed by atoms with E-state index in [2.05, 4.69) is 28.7 Å². The van der Waals surface area contributed by atoms with E-state index in [1.54, 1.807) is 0 Å². The topological polar surface area (TPSA) is 51.5 Å². The maximum absolute atomic E-state index is 9.45. The van der Waals surface area contributed by atoms with Gasteiger partial charge in [-0.1, -0.05) is 24.3 Å². The minimum Gasteiger partial charge on any atom is -0.492 e. The van der Waals surface area contributed by atoms with Crippen LogP contribution in [-0.2, 0) is 9.47 Å². The van der Waals surface area contributed by atoms with Crippen molar-refractivity contribution in [3.63, 3.8) is 0 Å². The predicted molar refractivity (Wildman–Crippen MR) is 101 cm³/mol. The van der Waals surface area contributed by atoms with Crippen molar-refractivity contribution in [2.45, 2.75) is 32.0 Å². The molecule has 1 saturated heterocycles. The highest BCUT2D eigenvalue weighted by molar-refractivity contribution is 14.1. The van der Waals surface area contributed by atoms with Crippen LogP contribution >= 0.6 is 22.6 Å². The molecule has 0 saturated carbocycles. The Morgan fingerprint density at radius 2 is 2.12 bits per heavy atom. The van der Waals surface area contributed by atoms with Crippen LogP contribution in [0.4, 0.5) is 0 Å². The normalized spacial score (nSPS) is 17.6. The van der Waals surface area contributed by atoms with Gasteiger partial charge in [0.1, 0.15) is 11.8 Å². The summed E-state index contributed by atoms with van der Waals surface area (Å²) in [5.41, 5.74) is 0.676. The zero-order chi connectivity index (χ0) is 16.8. The number of benzene rings is 2. The highest BCUT2D eigenvalue weighted by Gasteiger charge is 2.14. The van der Waals surface area contributed by atoms with E-state index >= 15 is 0 Å². The van der Waals surface area contributed by atoms with Gasteiger partial charge in [-0.05, 0) is 53.3 Å². The number of rotatable bonds is 6. The molecule has 1 unspecified atom stereocenters. The molecule has 1 fully saturated rings. The minimum atomic E-state index is -0.0512. The Balaban J connectivity index is 1.57. The number of halogens is 1. The molecule has 1 atom stereocenters. The van der Waals surface area contributed by atoms with Crippen LogP contribution in [0.1, 0.15) is 31.2 Å². The molecular formula is C19H20INO3. The van der Waals surface area contributed by atoms with Crippen molar-refractivity contribution in [2.75, 3.05) is 19.8 Å². The van der Waals surface area contributed by atoms with Crippen molar-refractivity contribution in [1.82, 2.24) is 0 Å². The van der Waals surface area contributed by atoms with E-state index < -0.39 is 0 Å². The van der Waals surface area contributed by atoms with E-state index in [0.29, 0.717) is 18.8 Å². The first-order valence-corrected chi connectivity index (χ1v) is 9.35. The van der Waals surface area contributed by atoms with Crippen LogP contribution in [0.5, 0.6) is 5.75 Å². The van der Waals surface area contributed by atoms with Gasteiger partial charge in [0.15, 0.2) is 6.29 Å². The van der Waals surface area contributed by atoms with E-state index in [1.807, 2.05) is 30.3 Å². The number of hydrogen-bond donors (Lipinski definition) is 0. The van der Waals surface area contributed by atoms with Crippen molar-refractivity contribution >= 4 is 33.4 Å². The first-order chi connectivity index (χ1) is 11.8. The Bertz CT molecular complexity index is 735. The summed E-state index contributed by atoms with van der Waals surface area (Å²) < 4.78 is 18.0. The smallest absolute Gasteiger partial charge is 0.157 e. The molecular weight excluding hydrogens is 417 g/mol. The van der Waals surface area contributed by atoms with Gasteiger partial charge in [-0.15, -0.1) is 0 Å². The molecule has 1 aliphatic heterocycles. The van der Waals surface area contributed by atoms with Crippen molar-refractivity contribution in [3.05, 3.63) is 39.5 Å². The quantitative estimate of drug-likeness (QED) is 0.489.